The van der Waals surface area contributed by atoms with Crippen LogP contribution in [0.4, 0.5) is 11.4 Å². The molecule has 0 aromatic heterocycles. The summed E-state index contributed by atoms with van der Waals surface area (Å²) < 4.78 is 0. The van der Waals surface area contributed by atoms with E-state index >= 15 is 0 Å². The Morgan fingerprint density at radius 1 is 1.50 bits per heavy atom. The predicted octanol–water partition coefficient (Wildman–Crippen LogP) is 0.709. The number of piperidine rings is 1. The summed E-state index contributed by atoms with van der Waals surface area (Å²) in [5, 5.41) is 8.66. The largest absolute Gasteiger partial charge is 0.397 e. The van der Waals surface area contributed by atoms with Crippen molar-refractivity contribution >= 4 is 23.2 Å². The lowest BCUT2D eigenvalue weighted by atomic mass is 10.1. The Morgan fingerprint density at radius 3 is 3.00 bits per heavy atom. The van der Waals surface area contributed by atoms with Crippen LogP contribution < -0.4 is 21.7 Å². The van der Waals surface area contributed by atoms with Gasteiger partial charge in [-0.15, -0.1) is 0 Å². The second kappa shape index (κ2) is 6.27. The molecule has 0 aliphatic carbocycles. The van der Waals surface area contributed by atoms with Gasteiger partial charge in [0.05, 0.1) is 11.4 Å². The van der Waals surface area contributed by atoms with E-state index in [0.717, 1.165) is 12.8 Å². The summed E-state index contributed by atoms with van der Waals surface area (Å²) in [5.74, 6) is -0.178. The fraction of sp³-hybridized carbons (Fsp3) is 0.429. The summed E-state index contributed by atoms with van der Waals surface area (Å²) in [6, 6.07) is 4.73. The minimum absolute atomic E-state index is 0.0286. The van der Waals surface area contributed by atoms with Gasteiger partial charge in [-0.3, -0.25) is 9.59 Å². The molecule has 1 saturated heterocycles. The Hall–Kier alpha value is -2.24. The zero-order chi connectivity index (χ0) is 14.5. The van der Waals surface area contributed by atoms with E-state index in [-0.39, 0.29) is 17.9 Å². The lowest BCUT2D eigenvalue weighted by Crippen LogP contribution is -2.44. The van der Waals surface area contributed by atoms with Gasteiger partial charge in [0.1, 0.15) is 6.04 Å². The van der Waals surface area contributed by atoms with Crippen LogP contribution in [0.1, 0.15) is 30.1 Å². The van der Waals surface area contributed by atoms with Crippen LogP contribution in [0.15, 0.2) is 18.2 Å². The Morgan fingerprint density at radius 2 is 2.30 bits per heavy atom. The number of carbonyl (C=O) groups excluding carboxylic acids is 2. The highest BCUT2D eigenvalue weighted by Crippen LogP contribution is 2.22. The van der Waals surface area contributed by atoms with Gasteiger partial charge in [0.2, 0.25) is 5.91 Å². The van der Waals surface area contributed by atoms with Crippen LogP contribution in [-0.2, 0) is 4.79 Å². The van der Waals surface area contributed by atoms with Crippen LogP contribution >= 0.6 is 0 Å². The summed E-state index contributed by atoms with van der Waals surface area (Å²) in [6.45, 7) is 3.14. The molecular formula is C14H20N4O2. The van der Waals surface area contributed by atoms with Crippen LogP contribution in [-0.4, -0.2) is 30.9 Å². The highest BCUT2D eigenvalue weighted by Gasteiger charge is 2.22. The minimum atomic E-state index is -0.296. The van der Waals surface area contributed by atoms with Crippen molar-refractivity contribution < 1.29 is 9.59 Å². The highest BCUT2D eigenvalue weighted by molar-refractivity contribution is 5.96. The molecule has 6 nitrogen and oxygen atoms in total. The van der Waals surface area contributed by atoms with E-state index in [4.69, 9.17) is 5.73 Å². The number of benzene rings is 1. The van der Waals surface area contributed by atoms with E-state index < -0.39 is 0 Å². The molecule has 1 aromatic carbocycles. The molecule has 2 rings (SSSR count). The van der Waals surface area contributed by atoms with E-state index in [1.54, 1.807) is 18.2 Å². The standard InChI is InChI=1S/C14H20N4O2/c1-2-16-13(19)9-5-6-10(15)12(8-9)18-11-4-3-7-17-14(11)20/h5-6,8,11,18H,2-4,7,15H2,1H3,(H,16,19)(H,17,20). The molecule has 1 fully saturated rings. The molecular weight excluding hydrogens is 256 g/mol. The number of hydrogen-bond acceptors (Lipinski definition) is 4. The molecule has 0 spiro atoms. The molecule has 1 atom stereocenters. The molecule has 20 heavy (non-hydrogen) atoms. The second-order valence-electron chi connectivity index (χ2n) is 4.79. The lowest BCUT2D eigenvalue weighted by Gasteiger charge is -2.24. The second-order valence-corrected chi connectivity index (χ2v) is 4.79. The maximum Gasteiger partial charge on any atom is 0.251 e. The maximum atomic E-state index is 11.8. The summed E-state index contributed by atoms with van der Waals surface area (Å²) in [4.78, 5) is 23.5. The van der Waals surface area contributed by atoms with Crippen LogP contribution in [0, 0.1) is 0 Å². The van der Waals surface area contributed by atoms with E-state index in [1.807, 2.05) is 6.92 Å². The van der Waals surface area contributed by atoms with E-state index in [1.165, 1.54) is 0 Å². The van der Waals surface area contributed by atoms with Crippen LogP contribution in [0.25, 0.3) is 0 Å². The van der Waals surface area contributed by atoms with E-state index in [9.17, 15) is 9.59 Å². The average molecular weight is 276 g/mol. The third-order valence-electron chi connectivity index (χ3n) is 3.27. The van der Waals surface area contributed by atoms with E-state index in [0.29, 0.717) is 30.0 Å². The molecule has 1 unspecified atom stereocenters. The predicted molar refractivity (Wildman–Crippen MR) is 78.5 cm³/mol. The number of anilines is 2. The third-order valence-corrected chi connectivity index (χ3v) is 3.27. The Labute approximate surface area is 118 Å². The van der Waals surface area contributed by atoms with Crippen molar-refractivity contribution in [3.63, 3.8) is 0 Å². The van der Waals surface area contributed by atoms with Crippen LogP contribution in [0.5, 0.6) is 0 Å². The monoisotopic (exact) mass is 276 g/mol. The normalized spacial score (nSPS) is 18.2. The smallest absolute Gasteiger partial charge is 0.251 e. The molecule has 0 radical (unpaired) electrons. The zero-order valence-electron chi connectivity index (χ0n) is 11.5. The molecule has 1 aromatic rings. The van der Waals surface area contributed by atoms with Gasteiger partial charge in [-0.1, -0.05) is 0 Å². The first-order valence-electron chi connectivity index (χ1n) is 6.83. The first kappa shape index (κ1) is 14.2. The summed E-state index contributed by atoms with van der Waals surface area (Å²) in [7, 11) is 0. The van der Waals surface area contributed by atoms with Gasteiger partial charge < -0.3 is 21.7 Å². The minimum Gasteiger partial charge on any atom is -0.397 e. The van der Waals surface area contributed by atoms with Crippen LogP contribution in [0.2, 0.25) is 0 Å². The number of amides is 2. The van der Waals surface area contributed by atoms with Crippen molar-refractivity contribution in [1.82, 2.24) is 10.6 Å². The fourth-order valence-corrected chi connectivity index (χ4v) is 2.18. The molecule has 0 saturated carbocycles. The van der Waals surface area contributed by atoms with Crippen molar-refractivity contribution in [2.75, 3.05) is 24.1 Å². The maximum absolute atomic E-state index is 11.8. The fourth-order valence-electron chi connectivity index (χ4n) is 2.18. The lowest BCUT2D eigenvalue weighted by molar-refractivity contribution is -0.123. The van der Waals surface area contributed by atoms with E-state index in [2.05, 4.69) is 16.0 Å². The SMILES string of the molecule is CCNC(=O)c1ccc(N)c(NC2CCCNC2=O)c1. The molecule has 2 amide bonds. The van der Waals surface area contributed by atoms with Gasteiger partial charge in [-0.05, 0) is 38.0 Å². The van der Waals surface area contributed by atoms with Crippen molar-refractivity contribution in [3.8, 4) is 0 Å². The molecule has 1 aliphatic heterocycles. The Bertz CT molecular complexity index is 516. The summed E-state index contributed by atoms with van der Waals surface area (Å²) >= 11 is 0. The first-order valence-corrected chi connectivity index (χ1v) is 6.83. The number of rotatable bonds is 4. The highest BCUT2D eigenvalue weighted by atomic mass is 16.2. The summed E-state index contributed by atoms with van der Waals surface area (Å²) in [6.07, 6.45) is 1.69. The summed E-state index contributed by atoms with van der Waals surface area (Å²) in [5.41, 5.74) is 7.57. The average Bonchev–Trinajstić information content (AvgIpc) is 2.44. The third kappa shape index (κ3) is 3.20. The number of hydrogen-bond donors (Lipinski definition) is 4. The molecule has 6 heteroatoms. The zero-order valence-corrected chi connectivity index (χ0v) is 11.5. The van der Waals surface area contributed by atoms with Crippen molar-refractivity contribution in [1.29, 1.82) is 0 Å². The number of carbonyl (C=O) groups is 2. The Balaban J connectivity index is 2.15. The van der Waals surface area contributed by atoms with Gasteiger partial charge in [-0.2, -0.15) is 0 Å². The molecule has 1 aliphatic rings. The molecule has 0 bridgehead atoms. The van der Waals surface area contributed by atoms with Crippen molar-refractivity contribution in [2.24, 2.45) is 0 Å². The molecule has 108 valence electrons. The van der Waals surface area contributed by atoms with Crippen molar-refractivity contribution in [2.45, 2.75) is 25.8 Å². The quantitative estimate of drug-likeness (QED) is 0.609. The number of nitrogens with two attached hydrogens (primary N) is 1. The topological polar surface area (TPSA) is 96.2 Å². The van der Waals surface area contributed by atoms with Gasteiger partial charge in [-0.25, -0.2) is 0 Å². The number of nitrogens with one attached hydrogen (secondary N) is 3. The van der Waals surface area contributed by atoms with Crippen LogP contribution in [0.3, 0.4) is 0 Å². The van der Waals surface area contributed by atoms with Gasteiger partial charge in [0.15, 0.2) is 0 Å². The number of nitrogen functional groups attached to an aromatic ring is 1. The van der Waals surface area contributed by atoms with Gasteiger partial charge in [0, 0.05) is 18.7 Å². The van der Waals surface area contributed by atoms with Crippen molar-refractivity contribution in [3.05, 3.63) is 23.8 Å². The molecule has 1 heterocycles. The first-order chi connectivity index (χ1) is 9.61. The molecule has 5 N–H and O–H groups in total. The van der Waals surface area contributed by atoms with Gasteiger partial charge >= 0.3 is 0 Å². The Kier molecular flexibility index (Phi) is 4.45. The van der Waals surface area contributed by atoms with Gasteiger partial charge in [0.25, 0.3) is 5.91 Å².